The Kier molecular flexibility index (Phi) is 4.80. The molecule has 1 aliphatic heterocycles. The lowest BCUT2D eigenvalue weighted by atomic mass is 10.0. The van der Waals surface area contributed by atoms with E-state index in [9.17, 15) is 4.79 Å². The summed E-state index contributed by atoms with van der Waals surface area (Å²) in [6, 6.07) is 7.92. The van der Waals surface area contributed by atoms with Gasteiger partial charge in [-0.1, -0.05) is 18.2 Å². The first kappa shape index (κ1) is 13.9. The molecule has 2 rings (SSSR count). The van der Waals surface area contributed by atoms with Crippen molar-refractivity contribution in [1.29, 1.82) is 0 Å². The van der Waals surface area contributed by atoms with Gasteiger partial charge >= 0.3 is 0 Å². The minimum atomic E-state index is 0.0685. The molecule has 1 amide bonds. The van der Waals surface area contributed by atoms with Crippen LogP contribution in [0.5, 0.6) is 5.75 Å². The van der Waals surface area contributed by atoms with Crippen molar-refractivity contribution in [1.82, 2.24) is 4.90 Å². The third-order valence-electron chi connectivity index (χ3n) is 3.67. The molecule has 1 fully saturated rings. The van der Waals surface area contributed by atoms with E-state index >= 15 is 0 Å². The molecule has 2 N–H and O–H groups in total. The van der Waals surface area contributed by atoms with Crippen LogP contribution in [0.25, 0.3) is 0 Å². The first-order valence-corrected chi connectivity index (χ1v) is 6.92. The predicted molar refractivity (Wildman–Crippen MR) is 74.9 cm³/mol. The quantitative estimate of drug-likeness (QED) is 0.902. The van der Waals surface area contributed by atoms with Gasteiger partial charge in [-0.3, -0.25) is 4.79 Å². The van der Waals surface area contributed by atoms with Crippen LogP contribution in [0.2, 0.25) is 0 Å². The minimum Gasteiger partial charge on any atom is -0.483 e. The van der Waals surface area contributed by atoms with E-state index in [-0.39, 0.29) is 12.5 Å². The fourth-order valence-corrected chi connectivity index (χ4v) is 2.50. The molecule has 1 aromatic rings. The third kappa shape index (κ3) is 3.47. The molecule has 1 unspecified atom stereocenters. The Morgan fingerprint density at radius 1 is 1.42 bits per heavy atom. The molecule has 4 heteroatoms. The number of ether oxygens (including phenoxy) is 1. The van der Waals surface area contributed by atoms with E-state index in [1.807, 2.05) is 29.2 Å². The lowest BCUT2D eigenvalue weighted by Gasteiger charge is -2.33. The molecule has 0 saturated carbocycles. The Balaban J connectivity index is 1.92. The van der Waals surface area contributed by atoms with Crippen molar-refractivity contribution in [2.24, 2.45) is 5.73 Å². The van der Waals surface area contributed by atoms with Crippen molar-refractivity contribution in [3.63, 3.8) is 0 Å². The van der Waals surface area contributed by atoms with E-state index in [1.165, 1.54) is 6.42 Å². The summed E-state index contributed by atoms with van der Waals surface area (Å²) < 4.78 is 5.62. The maximum atomic E-state index is 12.2. The Bertz CT molecular complexity index is 434. The van der Waals surface area contributed by atoms with Crippen LogP contribution in [0, 0.1) is 0 Å². The van der Waals surface area contributed by atoms with Crippen molar-refractivity contribution in [3.05, 3.63) is 29.8 Å². The van der Waals surface area contributed by atoms with E-state index in [1.54, 1.807) is 0 Å². The molecule has 1 saturated heterocycles. The number of carbonyl (C=O) groups is 1. The standard InChI is InChI=1S/C15H22N2O2/c1-12-6-4-5-9-17(12)15(18)11-19-14-8-3-2-7-13(14)10-16/h2-3,7-8,12H,4-6,9-11,16H2,1H3. The van der Waals surface area contributed by atoms with Crippen molar-refractivity contribution >= 4 is 5.91 Å². The van der Waals surface area contributed by atoms with Gasteiger partial charge in [0.1, 0.15) is 5.75 Å². The van der Waals surface area contributed by atoms with Crippen LogP contribution in [0.3, 0.4) is 0 Å². The van der Waals surface area contributed by atoms with Crippen LogP contribution in [0.4, 0.5) is 0 Å². The maximum Gasteiger partial charge on any atom is 0.260 e. The van der Waals surface area contributed by atoms with E-state index in [0.29, 0.717) is 18.3 Å². The Hall–Kier alpha value is -1.55. The summed E-state index contributed by atoms with van der Waals surface area (Å²) in [6.45, 7) is 3.47. The lowest BCUT2D eigenvalue weighted by molar-refractivity contribution is -0.136. The normalized spacial score (nSPS) is 19.3. The predicted octanol–water partition coefficient (Wildman–Crippen LogP) is 1.93. The van der Waals surface area contributed by atoms with Crippen LogP contribution >= 0.6 is 0 Å². The van der Waals surface area contributed by atoms with Crippen molar-refractivity contribution in [3.8, 4) is 5.75 Å². The van der Waals surface area contributed by atoms with Crippen molar-refractivity contribution in [2.75, 3.05) is 13.2 Å². The summed E-state index contributed by atoms with van der Waals surface area (Å²) in [4.78, 5) is 14.1. The van der Waals surface area contributed by atoms with Gasteiger partial charge in [-0.05, 0) is 32.3 Å². The first-order valence-electron chi connectivity index (χ1n) is 6.92. The van der Waals surface area contributed by atoms with Gasteiger partial charge in [0.05, 0.1) is 0 Å². The maximum absolute atomic E-state index is 12.2. The number of carbonyl (C=O) groups excluding carboxylic acids is 1. The van der Waals surface area contributed by atoms with Gasteiger partial charge in [-0.25, -0.2) is 0 Å². The number of likely N-dealkylation sites (tertiary alicyclic amines) is 1. The summed E-state index contributed by atoms with van der Waals surface area (Å²) in [5.74, 6) is 0.780. The third-order valence-corrected chi connectivity index (χ3v) is 3.67. The number of hydrogen-bond donors (Lipinski definition) is 1. The largest absolute Gasteiger partial charge is 0.483 e. The SMILES string of the molecule is CC1CCCCN1C(=O)COc1ccccc1CN. The number of piperidine rings is 1. The molecule has 0 spiro atoms. The minimum absolute atomic E-state index is 0.0685. The van der Waals surface area contributed by atoms with Gasteiger partial charge in [0.15, 0.2) is 6.61 Å². The summed E-state index contributed by atoms with van der Waals surface area (Å²) in [7, 11) is 0. The molecular weight excluding hydrogens is 240 g/mol. The summed E-state index contributed by atoms with van der Waals surface area (Å²) in [6.07, 6.45) is 3.39. The second-order valence-corrected chi connectivity index (χ2v) is 5.03. The number of amides is 1. The van der Waals surface area contributed by atoms with E-state index in [4.69, 9.17) is 10.5 Å². The van der Waals surface area contributed by atoms with Crippen molar-refractivity contribution in [2.45, 2.75) is 38.8 Å². The molecule has 0 radical (unpaired) electrons. The van der Waals surface area contributed by atoms with Crippen LogP contribution in [0.1, 0.15) is 31.7 Å². The van der Waals surface area contributed by atoms with Crippen LogP contribution in [-0.4, -0.2) is 30.0 Å². The second-order valence-electron chi connectivity index (χ2n) is 5.03. The average molecular weight is 262 g/mol. The zero-order chi connectivity index (χ0) is 13.7. The number of benzene rings is 1. The molecule has 1 heterocycles. The fraction of sp³-hybridized carbons (Fsp3) is 0.533. The zero-order valence-corrected chi connectivity index (χ0v) is 11.5. The Morgan fingerprint density at radius 2 is 2.21 bits per heavy atom. The number of para-hydroxylation sites is 1. The molecular formula is C15H22N2O2. The van der Waals surface area contributed by atoms with Gasteiger partial charge in [0.25, 0.3) is 5.91 Å². The highest BCUT2D eigenvalue weighted by Crippen LogP contribution is 2.19. The number of hydrogen-bond acceptors (Lipinski definition) is 3. The topological polar surface area (TPSA) is 55.6 Å². The van der Waals surface area contributed by atoms with E-state index in [2.05, 4.69) is 6.92 Å². The Labute approximate surface area is 114 Å². The monoisotopic (exact) mass is 262 g/mol. The number of nitrogens with zero attached hydrogens (tertiary/aromatic N) is 1. The molecule has 1 atom stereocenters. The molecule has 0 aliphatic carbocycles. The highest BCUT2D eigenvalue weighted by atomic mass is 16.5. The van der Waals surface area contributed by atoms with Gasteiger partial charge in [-0.2, -0.15) is 0 Å². The molecule has 104 valence electrons. The van der Waals surface area contributed by atoms with Gasteiger partial charge in [-0.15, -0.1) is 0 Å². The molecule has 0 aromatic heterocycles. The molecule has 0 bridgehead atoms. The smallest absolute Gasteiger partial charge is 0.260 e. The van der Waals surface area contributed by atoms with Crippen LogP contribution in [-0.2, 0) is 11.3 Å². The molecule has 4 nitrogen and oxygen atoms in total. The van der Waals surface area contributed by atoms with E-state index in [0.717, 1.165) is 24.9 Å². The van der Waals surface area contributed by atoms with Crippen LogP contribution in [0.15, 0.2) is 24.3 Å². The second kappa shape index (κ2) is 6.57. The fourth-order valence-electron chi connectivity index (χ4n) is 2.50. The first-order chi connectivity index (χ1) is 9.22. The lowest BCUT2D eigenvalue weighted by Crippen LogP contribution is -2.44. The van der Waals surface area contributed by atoms with E-state index < -0.39 is 0 Å². The van der Waals surface area contributed by atoms with Gasteiger partial charge < -0.3 is 15.4 Å². The summed E-state index contributed by atoms with van der Waals surface area (Å²) in [5, 5.41) is 0. The van der Waals surface area contributed by atoms with Crippen LogP contribution < -0.4 is 10.5 Å². The van der Waals surface area contributed by atoms with Gasteiger partial charge in [0.2, 0.25) is 0 Å². The number of rotatable bonds is 4. The zero-order valence-electron chi connectivity index (χ0n) is 11.5. The molecule has 19 heavy (non-hydrogen) atoms. The molecule has 1 aliphatic rings. The highest BCUT2D eigenvalue weighted by molar-refractivity contribution is 5.78. The Morgan fingerprint density at radius 3 is 2.95 bits per heavy atom. The summed E-state index contributed by atoms with van der Waals surface area (Å²) in [5.41, 5.74) is 6.58. The molecule has 1 aromatic carbocycles. The van der Waals surface area contributed by atoms with Gasteiger partial charge in [0, 0.05) is 24.7 Å². The average Bonchev–Trinajstić information content (AvgIpc) is 2.45. The summed E-state index contributed by atoms with van der Waals surface area (Å²) >= 11 is 0. The number of nitrogens with two attached hydrogens (primary N) is 1. The highest BCUT2D eigenvalue weighted by Gasteiger charge is 2.23. The van der Waals surface area contributed by atoms with Crippen molar-refractivity contribution < 1.29 is 9.53 Å².